The van der Waals surface area contributed by atoms with E-state index in [9.17, 15) is 9.59 Å². The quantitative estimate of drug-likeness (QED) is 0.441. The van der Waals surface area contributed by atoms with Gasteiger partial charge in [0, 0.05) is 17.5 Å². The predicted octanol–water partition coefficient (Wildman–Crippen LogP) is 4.90. The molecule has 1 aromatic heterocycles. The van der Waals surface area contributed by atoms with Crippen molar-refractivity contribution in [3.8, 4) is 5.75 Å². The molecule has 0 unspecified atom stereocenters. The van der Waals surface area contributed by atoms with Crippen molar-refractivity contribution < 1.29 is 14.3 Å². The number of rotatable bonds is 10. The molecule has 0 N–H and O–H groups in total. The van der Waals surface area contributed by atoms with E-state index < -0.39 is 0 Å². The highest BCUT2D eigenvalue weighted by Gasteiger charge is 2.24. The molecule has 3 aromatic rings. The van der Waals surface area contributed by atoms with Gasteiger partial charge in [-0.1, -0.05) is 48.5 Å². The maximum absolute atomic E-state index is 13.4. The van der Waals surface area contributed by atoms with E-state index in [1.54, 1.807) is 16.2 Å². The standard InChI is InChI=1S/C26H30N2O3S/c1-20(2)28(26(30)19-31-23-12-8-5-9-13-23)18-25(29)27(16-22-10-6-4-7-11-22)17-24-21(3)14-15-32-24/h4-15,20H,16-19H2,1-3H3. The van der Waals surface area contributed by atoms with Crippen LogP contribution in [0.5, 0.6) is 5.75 Å². The topological polar surface area (TPSA) is 49.9 Å². The molecule has 0 fully saturated rings. The minimum atomic E-state index is -0.204. The number of amides is 2. The average molecular weight is 451 g/mol. The van der Waals surface area contributed by atoms with Crippen molar-refractivity contribution in [2.45, 2.75) is 39.9 Å². The van der Waals surface area contributed by atoms with Crippen LogP contribution in [0.2, 0.25) is 0 Å². The first kappa shape index (κ1) is 23.5. The Labute approximate surface area is 194 Å². The van der Waals surface area contributed by atoms with Crippen molar-refractivity contribution in [1.29, 1.82) is 0 Å². The molecule has 2 aromatic carbocycles. The van der Waals surface area contributed by atoms with E-state index in [-0.39, 0.29) is 31.0 Å². The zero-order valence-electron chi connectivity index (χ0n) is 18.9. The molecule has 2 amide bonds. The lowest BCUT2D eigenvalue weighted by molar-refractivity contribution is -0.143. The van der Waals surface area contributed by atoms with Gasteiger partial charge >= 0.3 is 0 Å². The molecular formula is C26H30N2O3S. The molecule has 0 saturated heterocycles. The molecule has 0 radical (unpaired) electrons. The molecule has 0 aliphatic carbocycles. The number of hydrogen-bond acceptors (Lipinski definition) is 4. The number of ether oxygens (including phenoxy) is 1. The minimum absolute atomic E-state index is 0.0197. The van der Waals surface area contributed by atoms with Crippen molar-refractivity contribution in [2.24, 2.45) is 0 Å². The number of carbonyl (C=O) groups is 2. The van der Waals surface area contributed by atoms with Gasteiger partial charge in [0.1, 0.15) is 12.3 Å². The molecule has 6 heteroatoms. The first-order valence-electron chi connectivity index (χ1n) is 10.8. The molecule has 0 atom stereocenters. The van der Waals surface area contributed by atoms with Crippen LogP contribution < -0.4 is 4.74 Å². The first-order chi connectivity index (χ1) is 15.4. The number of para-hydroxylation sites is 1. The zero-order chi connectivity index (χ0) is 22.9. The maximum atomic E-state index is 13.4. The van der Waals surface area contributed by atoms with E-state index in [2.05, 4.69) is 13.0 Å². The van der Waals surface area contributed by atoms with Gasteiger partial charge in [-0.25, -0.2) is 0 Å². The van der Waals surface area contributed by atoms with Crippen LogP contribution >= 0.6 is 11.3 Å². The molecule has 5 nitrogen and oxygen atoms in total. The summed E-state index contributed by atoms with van der Waals surface area (Å²) < 4.78 is 5.62. The van der Waals surface area contributed by atoms with Crippen LogP contribution in [-0.4, -0.2) is 40.8 Å². The van der Waals surface area contributed by atoms with E-state index in [4.69, 9.17) is 4.74 Å². The number of carbonyl (C=O) groups excluding carboxylic acids is 2. The molecule has 0 spiro atoms. The average Bonchev–Trinajstić information content (AvgIpc) is 3.20. The Bertz CT molecular complexity index is 1000. The fourth-order valence-corrected chi connectivity index (χ4v) is 4.25. The number of nitrogens with zero attached hydrogens (tertiary/aromatic N) is 2. The normalized spacial score (nSPS) is 10.8. The highest BCUT2D eigenvalue weighted by molar-refractivity contribution is 7.10. The summed E-state index contributed by atoms with van der Waals surface area (Å²) in [5.74, 6) is 0.349. The third-order valence-electron chi connectivity index (χ3n) is 5.23. The van der Waals surface area contributed by atoms with Crippen LogP contribution in [0.1, 0.15) is 29.9 Å². The lowest BCUT2D eigenvalue weighted by Crippen LogP contribution is -2.47. The Morgan fingerprint density at radius 2 is 1.56 bits per heavy atom. The van der Waals surface area contributed by atoms with Crippen molar-refractivity contribution in [2.75, 3.05) is 13.2 Å². The number of thiophene rings is 1. The van der Waals surface area contributed by atoms with Gasteiger partial charge in [-0.3, -0.25) is 9.59 Å². The zero-order valence-corrected chi connectivity index (χ0v) is 19.7. The van der Waals surface area contributed by atoms with Crippen LogP contribution in [0.3, 0.4) is 0 Å². The van der Waals surface area contributed by atoms with E-state index in [0.717, 1.165) is 10.4 Å². The minimum Gasteiger partial charge on any atom is -0.484 e. The van der Waals surface area contributed by atoms with Crippen LogP contribution in [0.15, 0.2) is 72.1 Å². The summed E-state index contributed by atoms with van der Waals surface area (Å²) in [6.07, 6.45) is 0. The number of benzene rings is 2. The molecule has 168 valence electrons. The summed E-state index contributed by atoms with van der Waals surface area (Å²) >= 11 is 1.65. The number of hydrogen-bond donors (Lipinski definition) is 0. The van der Waals surface area contributed by atoms with Crippen LogP contribution in [0.25, 0.3) is 0 Å². The van der Waals surface area contributed by atoms with Crippen molar-refractivity contribution in [1.82, 2.24) is 9.80 Å². The summed E-state index contributed by atoms with van der Waals surface area (Å²) in [4.78, 5) is 30.8. The van der Waals surface area contributed by atoms with Gasteiger partial charge in [-0.15, -0.1) is 11.3 Å². The smallest absolute Gasteiger partial charge is 0.261 e. The van der Waals surface area contributed by atoms with E-state index >= 15 is 0 Å². The number of aryl methyl sites for hydroxylation is 1. The molecule has 0 aliphatic rings. The molecule has 32 heavy (non-hydrogen) atoms. The maximum Gasteiger partial charge on any atom is 0.261 e. The van der Waals surface area contributed by atoms with Gasteiger partial charge in [0.15, 0.2) is 6.61 Å². The van der Waals surface area contributed by atoms with Gasteiger partial charge in [0.05, 0.1) is 6.54 Å². The van der Waals surface area contributed by atoms with E-state index in [0.29, 0.717) is 18.8 Å². The Balaban J connectivity index is 1.70. The summed E-state index contributed by atoms with van der Waals surface area (Å²) in [6.45, 7) is 6.83. The van der Waals surface area contributed by atoms with Crippen molar-refractivity contribution in [3.63, 3.8) is 0 Å². The fraction of sp³-hybridized carbons (Fsp3) is 0.308. The Morgan fingerprint density at radius 1 is 0.906 bits per heavy atom. The van der Waals surface area contributed by atoms with Gasteiger partial charge < -0.3 is 14.5 Å². The largest absolute Gasteiger partial charge is 0.484 e. The molecule has 0 aliphatic heterocycles. The first-order valence-corrected chi connectivity index (χ1v) is 11.6. The summed E-state index contributed by atoms with van der Waals surface area (Å²) in [6, 6.07) is 21.1. The van der Waals surface area contributed by atoms with E-state index in [1.165, 1.54) is 5.56 Å². The fourth-order valence-electron chi connectivity index (χ4n) is 3.32. The van der Waals surface area contributed by atoms with E-state index in [1.807, 2.05) is 84.8 Å². The van der Waals surface area contributed by atoms with Crippen molar-refractivity contribution >= 4 is 23.2 Å². The second-order valence-electron chi connectivity index (χ2n) is 7.98. The van der Waals surface area contributed by atoms with Gasteiger partial charge in [-0.2, -0.15) is 0 Å². The molecule has 0 bridgehead atoms. The monoisotopic (exact) mass is 450 g/mol. The Hall–Kier alpha value is -3.12. The molecular weight excluding hydrogens is 420 g/mol. The van der Waals surface area contributed by atoms with Crippen molar-refractivity contribution in [3.05, 3.63) is 88.1 Å². The summed E-state index contributed by atoms with van der Waals surface area (Å²) in [5, 5.41) is 2.04. The lowest BCUT2D eigenvalue weighted by atomic mass is 10.2. The Morgan fingerprint density at radius 3 is 2.16 bits per heavy atom. The van der Waals surface area contributed by atoms with Gasteiger partial charge in [0.2, 0.25) is 5.91 Å². The second kappa shape index (κ2) is 11.5. The third-order valence-corrected chi connectivity index (χ3v) is 6.23. The second-order valence-corrected chi connectivity index (χ2v) is 8.98. The van der Waals surface area contributed by atoms with Crippen LogP contribution in [0.4, 0.5) is 0 Å². The summed E-state index contributed by atoms with van der Waals surface area (Å²) in [7, 11) is 0. The van der Waals surface area contributed by atoms with Gasteiger partial charge in [-0.05, 0) is 55.5 Å². The predicted molar refractivity (Wildman–Crippen MR) is 129 cm³/mol. The summed E-state index contributed by atoms with van der Waals surface area (Å²) in [5.41, 5.74) is 2.24. The van der Waals surface area contributed by atoms with Gasteiger partial charge in [0.25, 0.3) is 5.91 Å². The SMILES string of the molecule is Cc1ccsc1CN(Cc1ccccc1)C(=O)CN(C(=O)COc1ccccc1)C(C)C. The van der Waals surface area contributed by atoms with Crippen LogP contribution in [0, 0.1) is 6.92 Å². The molecule has 0 saturated carbocycles. The lowest BCUT2D eigenvalue weighted by Gasteiger charge is -2.30. The highest BCUT2D eigenvalue weighted by atomic mass is 32.1. The third kappa shape index (κ3) is 6.69. The van der Waals surface area contributed by atoms with Crippen LogP contribution in [-0.2, 0) is 22.7 Å². The highest BCUT2D eigenvalue weighted by Crippen LogP contribution is 2.20. The Kier molecular flexibility index (Phi) is 8.45. The molecule has 3 rings (SSSR count). The molecule has 1 heterocycles.